The molecule has 1 aromatic carbocycles. The minimum absolute atomic E-state index is 0.0343. The largest absolute Gasteiger partial charge is 0.310 e. The molecule has 2 atom stereocenters. The second-order valence-electron chi connectivity index (χ2n) is 5.26. The van der Waals surface area contributed by atoms with Crippen molar-refractivity contribution < 1.29 is 4.79 Å². The molecule has 1 amide bonds. The van der Waals surface area contributed by atoms with Crippen molar-refractivity contribution in [3.05, 3.63) is 53.4 Å². The third kappa shape index (κ3) is 2.21. The Balaban J connectivity index is 1.53. The molecular weight excluding hydrogens is 302 g/mol. The van der Waals surface area contributed by atoms with E-state index in [1.807, 2.05) is 24.3 Å². The summed E-state index contributed by atoms with van der Waals surface area (Å²) in [6.45, 7) is 0. The molecule has 7 heteroatoms. The van der Waals surface area contributed by atoms with Crippen LogP contribution in [-0.4, -0.2) is 25.5 Å². The number of anilines is 1. The van der Waals surface area contributed by atoms with Crippen LogP contribution in [0.15, 0.2) is 42.9 Å². The fourth-order valence-electron chi connectivity index (χ4n) is 2.66. The zero-order valence-corrected chi connectivity index (χ0v) is 12.2. The Morgan fingerprint density at radius 3 is 3.00 bits per heavy atom. The maximum atomic E-state index is 12.4. The van der Waals surface area contributed by atoms with Crippen molar-refractivity contribution in [1.82, 2.24) is 19.6 Å². The third-order valence-electron chi connectivity index (χ3n) is 3.86. The summed E-state index contributed by atoms with van der Waals surface area (Å²) in [6.07, 6.45) is 3.81. The third-order valence-corrected chi connectivity index (χ3v) is 4.21. The van der Waals surface area contributed by atoms with E-state index in [4.69, 9.17) is 11.6 Å². The Morgan fingerprint density at radius 1 is 1.27 bits per heavy atom. The van der Waals surface area contributed by atoms with Crippen molar-refractivity contribution in [1.29, 1.82) is 0 Å². The van der Waals surface area contributed by atoms with Crippen LogP contribution in [0.4, 0.5) is 5.82 Å². The maximum Gasteiger partial charge on any atom is 0.254 e. The van der Waals surface area contributed by atoms with E-state index in [0.717, 1.165) is 12.0 Å². The zero-order valence-electron chi connectivity index (χ0n) is 11.5. The van der Waals surface area contributed by atoms with E-state index in [-0.39, 0.29) is 17.7 Å². The van der Waals surface area contributed by atoms with Crippen LogP contribution in [0.25, 0.3) is 5.78 Å². The van der Waals surface area contributed by atoms with E-state index in [1.165, 1.54) is 10.8 Å². The average Bonchev–Trinajstić information content (AvgIpc) is 3.16. The molecule has 3 aromatic rings. The number of hydrogen-bond acceptors (Lipinski definition) is 4. The summed E-state index contributed by atoms with van der Waals surface area (Å²) in [6, 6.07) is 9.36. The lowest BCUT2D eigenvalue weighted by molar-refractivity contribution is -0.117. The minimum atomic E-state index is -0.0633. The first kappa shape index (κ1) is 13.2. The quantitative estimate of drug-likeness (QED) is 0.806. The first-order valence-electron chi connectivity index (χ1n) is 6.94. The van der Waals surface area contributed by atoms with Gasteiger partial charge in [0.2, 0.25) is 5.91 Å². The molecule has 1 aliphatic carbocycles. The van der Waals surface area contributed by atoms with Crippen molar-refractivity contribution in [3.63, 3.8) is 0 Å². The van der Waals surface area contributed by atoms with Crippen molar-refractivity contribution in [2.24, 2.45) is 5.92 Å². The van der Waals surface area contributed by atoms with Crippen LogP contribution in [0.1, 0.15) is 17.9 Å². The van der Waals surface area contributed by atoms with E-state index in [0.29, 0.717) is 16.6 Å². The molecule has 1 aliphatic rings. The van der Waals surface area contributed by atoms with Crippen LogP contribution < -0.4 is 5.32 Å². The van der Waals surface area contributed by atoms with Gasteiger partial charge in [-0.25, -0.2) is 4.98 Å². The zero-order chi connectivity index (χ0) is 15.1. The summed E-state index contributed by atoms with van der Waals surface area (Å²) in [5.41, 5.74) is 1.03. The molecule has 0 saturated heterocycles. The Hall–Kier alpha value is -2.47. The standard InChI is InChI=1S/C15H12ClN5O/c16-12-4-2-1-3-9(12)10-7-11(10)14(22)20-13-5-6-17-15-18-8-19-21(13)15/h1-6,8,10-11H,7H2,(H,20,22)/t10-,11-/m0/s1. The van der Waals surface area contributed by atoms with Crippen molar-refractivity contribution in [2.45, 2.75) is 12.3 Å². The molecule has 2 aromatic heterocycles. The highest BCUT2D eigenvalue weighted by molar-refractivity contribution is 6.31. The van der Waals surface area contributed by atoms with Crippen LogP contribution in [-0.2, 0) is 4.79 Å². The summed E-state index contributed by atoms with van der Waals surface area (Å²) in [7, 11) is 0. The number of hydrogen-bond donors (Lipinski definition) is 1. The van der Waals surface area contributed by atoms with E-state index >= 15 is 0 Å². The lowest BCUT2D eigenvalue weighted by Crippen LogP contribution is -2.17. The molecule has 2 heterocycles. The lowest BCUT2D eigenvalue weighted by Gasteiger charge is -2.06. The highest BCUT2D eigenvalue weighted by atomic mass is 35.5. The second-order valence-corrected chi connectivity index (χ2v) is 5.67. The van der Waals surface area contributed by atoms with Gasteiger partial charge >= 0.3 is 0 Å². The smallest absolute Gasteiger partial charge is 0.254 e. The van der Waals surface area contributed by atoms with Gasteiger partial charge in [0.25, 0.3) is 5.78 Å². The number of rotatable bonds is 3. The van der Waals surface area contributed by atoms with Gasteiger partial charge in [-0.3, -0.25) is 4.79 Å². The van der Waals surface area contributed by atoms with E-state index in [1.54, 1.807) is 12.3 Å². The van der Waals surface area contributed by atoms with Crippen LogP contribution in [0.2, 0.25) is 5.02 Å². The SMILES string of the molecule is O=C(Nc1ccnc2ncnn12)[C@H]1C[C@H]1c1ccccc1Cl. The van der Waals surface area contributed by atoms with Crippen LogP contribution in [0.5, 0.6) is 0 Å². The van der Waals surface area contributed by atoms with Gasteiger partial charge in [-0.15, -0.1) is 0 Å². The van der Waals surface area contributed by atoms with Gasteiger partial charge in [0.1, 0.15) is 12.1 Å². The van der Waals surface area contributed by atoms with E-state index < -0.39 is 0 Å². The monoisotopic (exact) mass is 313 g/mol. The Kier molecular flexibility index (Phi) is 3.04. The highest BCUT2D eigenvalue weighted by Gasteiger charge is 2.44. The molecule has 0 spiro atoms. The maximum absolute atomic E-state index is 12.4. The minimum Gasteiger partial charge on any atom is -0.310 e. The molecule has 4 rings (SSSR count). The van der Waals surface area contributed by atoms with Gasteiger partial charge in [0.05, 0.1) is 0 Å². The van der Waals surface area contributed by atoms with Crippen molar-refractivity contribution in [2.75, 3.05) is 5.32 Å². The van der Waals surface area contributed by atoms with Crippen LogP contribution >= 0.6 is 11.6 Å². The molecule has 6 nitrogen and oxygen atoms in total. The predicted octanol–water partition coefficient (Wildman–Crippen LogP) is 2.52. The highest BCUT2D eigenvalue weighted by Crippen LogP contribution is 2.49. The number of halogens is 1. The summed E-state index contributed by atoms with van der Waals surface area (Å²) in [5.74, 6) is 1.11. The molecule has 1 saturated carbocycles. The van der Waals surface area contributed by atoms with Gasteiger partial charge in [-0.2, -0.15) is 14.6 Å². The molecule has 0 bridgehead atoms. The number of aromatic nitrogens is 4. The number of carbonyl (C=O) groups is 1. The summed E-state index contributed by atoms with van der Waals surface area (Å²) in [5, 5.41) is 7.65. The fourth-order valence-corrected chi connectivity index (χ4v) is 2.93. The lowest BCUT2D eigenvalue weighted by atomic mass is 10.1. The molecule has 0 aliphatic heterocycles. The molecular formula is C15H12ClN5O. The summed E-state index contributed by atoms with van der Waals surface area (Å²) >= 11 is 6.19. The molecule has 0 unspecified atom stereocenters. The predicted molar refractivity (Wildman–Crippen MR) is 81.7 cm³/mol. The molecule has 22 heavy (non-hydrogen) atoms. The van der Waals surface area contributed by atoms with Gasteiger partial charge in [-0.1, -0.05) is 29.8 Å². The number of nitrogens with one attached hydrogen (secondary N) is 1. The van der Waals surface area contributed by atoms with Gasteiger partial charge in [0.15, 0.2) is 0 Å². The van der Waals surface area contributed by atoms with Gasteiger partial charge in [0, 0.05) is 17.1 Å². The molecule has 1 fully saturated rings. The van der Waals surface area contributed by atoms with E-state index in [9.17, 15) is 4.79 Å². The number of fused-ring (bicyclic) bond motifs is 1. The normalized spacial score (nSPS) is 20.0. The van der Waals surface area contributed by atoms with Gasteiger partial charge < -0.3 is 5.32 Å². The van der Waals surface area contributed by atoms with Crippen LogP contribution in [0.3, 0.4) is 0 Å². The Labute approximate surface area is 131 Å². The second kappa shape index (κ2) is 5.06. The van der Waals surface area contributed by atoms with Gasteiger partial charge in [-0.05, 0) is 30.0 Å². The van der Waals surface area contributed by atoms with Crippen LogP contribution in [0, 0.1) is 5.92 Å². The number of benzene rings is 1. The summed E-state index contributed by atoms with van der Waals surface area (Å²) in [4.78, 5) is 20.5. The first-order valence-corrected chi connectivity index (χ1v) is 7.32. The van der Waals surface area contributed by atoms with E-state index in [2.05, 4.69) is 20.4 Å². The number of carbonyl (C=O) groups excluding carboxylic acids is 1. The number of nitrogens with zero attached hydrogens (tertiary/aromatic N) is 4. The summed E-state index contributed by atoms with van der Waals surface area (Å²) < 4.78 is 1.50. The molecule has 1 N–H and O–H groups in total. The molecule has 0 radical (unpaired) electrons. The number of amides is 1. The average molecular weight is 314 g/mol. The topological polar surface area (TPSA) is 72.2 Å². The van der Waals surface area contributed by atoms with Crippen molar-refractivity contribution >= 4 is 29.1 Å². The first-order chi connectivity index (χ1) is 10.7. The Bertz CT molecular complexity index is 862. The van der Waals surface area contributed by atoms with Crippen molar-refractivity contribution in [3.8, 4) is 0 Å². The molecule has 110 valence electrons. The Morgan fingerprint density at radius 2 is 2.14 bits per heavy atom. The fraction of sp³-hybridized carbons (Fsp3) is 0.200.